The van der Waals surface area contributed by atoms with Gasteiger partial charge in [-0.3, -0.25) is 4.90 Å². The molecule has 0 bridgehead atoms. The lowest BCUT2D eigenvalue weighted by Gasteiger charge is -2.48. The first kappa shape index (κ1) is 21.5. The van der Waals surface area contributed by atoms with Crippen molar-refractivity contribution in [2.75, 3.05) is 14.1 Å². The number of carbonyl (C=O) groups is 1. The van der Waals surface area contributed by atoms with Gasteiger partial charge in [0.15, 0.2) is 0 Å². The summed E-state index contributed by atoms with van der Waals surface area (Å²) in [6.07, 6.45) is -3.42. The van der Waals surface area contributed by atoms with Gasteiger partial charge in [0, 0.05) is 11.6 Å². The minimum Gasteiger partial charge on any atom is -0.465 e. The number of alkyl halides is 3. The Hall–Kier alpha value is -1.76. The Kier molecular flexibility index (Phi) is 6.14. The molecule has 1 amide bonds. The first-order valence-corrected chi connectivity index (χ1v) is 9.18. The Morgan fingerprint density at radius 3 is 2.22 bits per heavy atom. The molecule has 0 spiro atoms. The van der Waals surface area contributed by atoms with Gasteiger partial charge in [0.2, 0.25) is 0 Å². The highest BCUT2D eigenvalue weighted by molar-refractivity contribution is 5.66. The van der Waals surface area contributed by atoms with Crippen molar-refractivity contribution in [1.29, 1.82) is 0 Å². The number of rotatable bonds is 3. The summed E-state index contributed by atoms with van der Waals surface area (Å²) in [5.41, 5.74) is -0.508. The summed E-state index contributed by atoms with van der Waals surface area (Å²) in [5.74, 6) is -0.0217. The molecule has 1 aromatic carbocycles. The summed E-state index contributed by atoms with van der Waals surface area (Å²) in [6, 6.07) is 5.26. The second-order valence-electron chi connectivity index (χ2n) is 8.55. The van der Waals surface area contributed by atoms with E-state index in [1.54, 1.807) is 6.07 Å². The molecule has 2 rings (SSSR count). The van der Waals surface area contributed by atoms with E-state index in [0.717, 1.165) is 6.07 Å². The van der Waals surface area contributed by atoms with Crippen LogP contribution in [0, 0.1) is 0 Å². The van der Waals surface area contributed by atoms with E-state index in [9.17, 15) is 23.1 Å². The van der Waals surface area contributed by atoms with Gasteiger partial charge in [-0.05, 0) is 71.7 Å². The highest BCUT2D eigenvalue weighted by atomic mass is 19.4. The number of amides is 1. The third-order valence-electron chi connectivity index (χ3n) is 5.39. The van der Waals surface area contributed by atoms with Crippen LogP contribution in [0.2, 0.25) is 0 Å². The number of hydrogen-bond acceptors (Lipinski definition) is 2. The Morgan fingerprint density at radius 1 is 1.11 bits per heavy atom. The minimum absolute atomic E-state index is 0.0217. The maximum Gasteiger partial charge on any atom is 0.416 e. The van der Waals surface area contributed by atoms with Crippen LogP contribution in [0.3, 0.4) is 0 Å². The molecule has 1 aromatic rings. The predicted octanol–water partition coefficient (Wildman–Crippen LogP) is 5.05. The van der Waals surface area contributed by atoms with Gasteiger partial charge in [-0.2, -0.15) is 13.2 Å². The maximum absolute atomic E-state index is 13.0. The Labute approximate surface area is 159 Å². The fourth-order valence-electron chi connectivity index (χ4n) is 4.18. The van der Waals surface area contributed by atoms with E-state index >= 15 is 0 Å². The molecule has 1 aliphatic carbocycles. The monoisotopic (exact) mass is 386 g/mol. The molecule has 0 saturated heterocycles. The third kappa shape index (κ3) is 4.94. The van der Waals surface area contributed by atoms with Crippen molar-refractivity contribution in [1.82, 2.24) is 9.80 Å². The Bertz CT molecular complexity index is 668. The maximum atomic E-state index is 13.0. The fraction of sp³-hybridized carbons (Fsp3) is 0.650. The van der Waals surface area contributed by atoms with Crippen LogP contribution >= 0.6 is 0 Å². The smallest absolute Gasteiger partial charge is 0.416 e. The highest BCUT2D eigenvalue weighted by Gasteiger charge is 2.42. The van der Waals surface area contributed by atoms with Gasteiger partial charge in [0.1, 0.15) is 0 Å². The second kappa shape index (κ2) is 7.70. The number of nitrogens with zero attached hydrogens (tertiary/aromatic N) is 2. The van der Waals surface area contributed by atoms with Crippen LogP contribution in [-0.4, -0.2) is 52.7 Å². The van der Waals surface area contributed by atoms with Gasteiger partial charge in [0.25, 0.3) is 0 Å². The van der Waals surface area contributed by atoms with Crippen LogP contribution in [0.5, 0.6) is 0 Å². The van der Waals surface area contributed by atoms with Crippen molar-refractivity contribution in [2.24, 2.45) is 0 Å². The molecule has 0 aliphatic heterocycles. The summed E-state index contributed by atoms with van der Waals surface area (Å²) in [4.78, 5) is 15.4. The first-order valence-electron chi connectivity index (χ1n) is 9.18. The van der Waals surface area contributed by atoms with Crippen molar-refractivity contribution in [3.8, 4) is 0 Å². The van der Waals surface area contributed by atoms with Crippen LogP contribution in [0.15, 0.2) is 24.3 Å². The molecule has 27 heavy (non-hydrogen) atoms. The van der Waals surface area contributed by atoms with Crippen molar-refractivity contribution >= 4 is 6.09 Å². The lowest BCUT2D eigenvalue weighted by atomic mass is 9.76. The molecule has 0 unspecified atom stereocenters. The standard InChI is InChI=1S/C20H29F3N2O2/c1-19(2,3)25(18(26)27)16-10-9-14(12-17(16)24(4)5)13-7-6-8-15(11-13)20(21,22)23/h6-8,11,14,16-17H,9-10,12H2,1-5H3,(H,26,27)/t14-,16-,17-/m0/s1. The van der Waals surface area contributed by atoms with Crippen LogP contribution < -0.4 is 0 Å². The van der Waals surface area contributed by atoms with Crippen molar-refractivity contribution < 1.29 is 23.1 Å². The first-order chi connectivity index (χ1) is 12.3. The highest BCUT2D eigenvalue weighted by Crippen LogP contribution is 2.40. The molecule has 0 aromatic heterocycles. The number of hydrogen-bond donors (Lipinski definition) is 1. The van der Waals surface area contributed by atoms with E-state index in [-0.39, 0.29) is 18.0 Å². The average molecular weight is 386 g/mol. The molecule has 1 aliphatic rings. The van der Waals surface area contributed by atoms with Gasteiger partial charge in [0.05, 0.1) is 11.6 Å². The summed E-state index contributed by atoms with van der Waals surface area (Å²) in [5, 5.41) is 9.75. The Morgan fingerprint density at radius 2 is 1.74 bits per heavy atom. The second-order valence-corrected chi connectivity index (χ2v) is 8.55. The summed E-state index contributed by atoms with van der Waals surface area (Å²) in [6.45, 7) is 5.60. The predicted molar refractivity (Wildman–Crippen MR) is 98.9 cm³/mol. The topological polar surface area (TPSA) is 43.8 Å². The molecule has 152 valence electrons. The van der Waals surface area contributed by atoms with E-state index in [1.165, 1.54) is 17.0 Å². The van der Waals surface area contributed by atoms with Crippen molar-refractivity contribution in [3.05, 3.63) is 35.4 Å². The molecule has 1 saturated carbocycles. The number of carboxylic acid groups (broad SMARTS) is 1. The van der Waals surface area contributed by atoms with Gasteiger partial charge in [-0.1, -0.05) is 18.2 Å². The van der Waals surface area contributed by atoms with Gasteiger partial charge in [-0.15, -0.1) is 0 Å². The normalized spacial score (nSPS) is 24.1. The number of halogens is 3. The molecule has 1 fully saturated rings. The van der Waals surface area contributed by atoms with Gasteiger partial charge < -0.3 is 10.0 Å². The third-order valence-corrected chi connectivity index (χ3v) is 5.39. The van der Waals surface area contributed by atoms with Crippen molar-refractivity contribution in [3.63, 3.8) is 0 Å². The summed E-state index contributed by atoms with van der Waals surface area (Å²) >= 11 is 0. The SMILES string of the molecule is CN(C)[C@H]1C[C@@H](c2cccc(C(F)(F)F)c2)CC[C@@H]1N(C(=O)O)C(C)(C)C. The van der Waals surface area contributed by atoms with E-state index in [0.29, 0.717) is 24.8 Å². The van der Waals surface area contributed by atoms with Gasteiger partial charge >= 0.3 is 12.3 Å². The van der Waals surface area contributed by atoms with E-state index in [4.69, 9.17) is 0 Å². The molecule has 7 heteroatoms. The molecule has 3 atom stereocenters. The average Bonchev–Trinajstić information content (AvgIpc) is 2.52. The van der Waals surface area contributed by atoms with Gasteiger partial charge in [-0.25, -0.2) is 4.79 Å². The molecule has 4 nitrogen and oxygen atoms in total. The Balaban J connectivity index is 2.30. The summed E-state index contributed by atoms with van der Waals surface area (Å²) in [7, 11) is 3.80. The van der Waals surface area contributed by atoms with E-state index in [1.807, 2.05) is 39.8 Å². The largest absolute Gasteiger partial charge is 0.465 e. The molecule has 1 N–H and O–H groups in total. The number of benzene rings is 1. The zero-order chi connectivity index (χ0) is 20.6. The van der Waals surface area contributed by atoms with Crippen LogP contribution in [0.1, 0.15) is 57.1 Å². The van der Waals surface area contributed by atoms with E-state index in [2.05, 4.69) is 0 Å². The molecule has 0 radical (unpaired) electrons. The fourth-order valence-corrected chi connectivity index (χ4v) is 4.18. The zero-order valence-electron chi connectivity index (χ0n) is 16.5. The number of likely N-dealkylation sites (N-methyl/N-ethyl adjacent to an activating group) is 1. The molecular formula is C20H29F3N2O2. The van der Waals surface area contributed by atoms with Crippen LogP contribution in [-0.2, 0) is 6.18 Å². The zero-order valence-corrected chi connectivity index (χ0v) is 16.5. The van der Waals surface area contributed by atoms with Crippen LogP contribution in [0.4, 0.5) is 18.0 Å². The lowest BCUT2D eigenvalue weighted by molar-refractivity contribution is -0.137. The van der Waals surface area contributed by atoms with Crippen molar-refractivity contribution in [2.45, 2.75) is 69.8 Å². The van der Waals surface area contributed by atoms with E-state index < -0.39 is 23.4 Å². The van der Waals surface area contributed by atoms with Crippen LogP contribution in [0.25, 0.3) is 0 Å². The molecule has 0 heterocycles. The lowest BCUT2D eigenvalue weighted by Crippen LogP contribution is -2.59. The minimum atomic E-state index is -4.36. The quantitative estimate of drug-likeness (QED) is 0.791. The summed E-state index contributed by atoms with van der Waals surface area (Å²) < 4.78 is 39.1. The molecular weight excluding hydrogens is 357 g/mol.